The van der Waals surface area contributed by atoms with Crippen molar-refractivity contribution >= 4 is 32.2 Å². The number of hydrogen-bond donors (Lipinski definition) is 2. The van der Waals surface area contributed by atoms with E-state index in [0.717, 1.165) is 5.01 Å². The van der Waals surface area contributed by atoms with Gasteiger partial charge < -0.3 is 5.11 Å². The van der Waals surface area contributed by atoms with E-state index in [2.05, 4.69) is 15.5 Å². The normalized spacial score (nSPS) is 11.8. The van der Waals surface area contributed by atoms with E-state index in [0.29, 0.717) is 0 Å². The highest BCUT2D eigenvalue weighted by Crippen LogP contribution is 2.22. The molecule has 0 radical (unpaired) electrons. The van der Waals surface area contributed by atoms with Gasteiger partial charge in [-0.3, -0.25) is 10.1 Å². The van der Waals surface area contributed by atoms with E-state index in [1.165, 1.54) is 11.3 Å². The van der Waals surface area contributed by atoms with E-state index in [4.69, 9.17) is 5.11 Å². The van der Waals surface area contributed by atoms with Gasteiger partial charge in [0.05, 0.1) is 12.4 Å². The average Bonchev–Trinajstić information content (AvgIpc) is 2.64. The van der Waals surface area contributed by atoms with E-state index in [9.17, 15) is 13.2 Å². The first-order valence-corrected chi connectivity index (χ1v) is 7.92. The molecule has 1 amide bonds. The SMILES string of the molecule is CC(C)c1nnc(NC(=O)CS(=O)(=O)CCO)s1. The van der Waals surface area contributed by atoms with Gasteiger partial charge in [-0.15, -0.1) is 10.2 Å². The molecule has 0 aliphatic carbocycles. The molecule has 18 heavy (non-hydrogen) atoms. The van der Waals surface area contributed by atoms with Crippen LogP contribution in [0.25, 0.3) is 0 Å². The first-order valence-electron chi connectivity index (χ1n) is 5.28. The summed E-state index contributed by atoms with van der Waals surface area (Å²) < 4.78 is 22.6. The minimum Gasteiger partial charge on any atom is -0.395 e. The molecular formula is C9H15N3O4S2. The van der Waals surface area contributed by atoms with E-state index < -0.39 is 33.9 Å². The van der Waals surface area contributed by atoms with Crippen molar-refractivity contribution in [3.63, 3.8) is 0 Å². The second-order valence-corrected chi connectivity index (χ2v) is 7.16. The Labute approximate surface area is 109 Å². The number of nitrogens with zero attached hydrogens (tertiary/aromatic N) is 2. The second kappa shape index (κ2) is 6.21. The van der Waals surface area contributed by atoms with E-state index in [1.807, 2.05) is 13.8 Å². The van der Waals surface area contributed by atoms with Crippen molar-refractivity contribution in [3.05, 3.63) is 5.01 Å². The molecule has 9 heteroatoms. The topological polar surface area (TPSA) is 109 Å². The van der Waals surface area contributed by atoms with Crippen LogP contribution in [0.2, 0.25) is 0 Å². The summed E-state index contributed by atoms with van der Waals surface area (Å²) >= 11 is 1.21. The summed E-state index contributed by atoms with van der Waals surface area (Å²) in [4.78, 5) is 11.4. The van der Waals surface area contributed by atoms with E-state index in [1.54, 1.807) is 0 Å². The van der Waals surface area contributed by atoms with Crippen LogP contribution in [0.1, 0.15) is 24.8 Å². The highest BCUT2D eigenvalue weighted by molar-refractivity contribution is 7.92. The molecule has 0 saturated carbocycles. The smallest absolute Gasteiger partial charge is 0.241 e. The van der Waals surface area contributed by atoms with Crippen LogP contribution in [0.5, 0.6) is 0 Å². The fourth-order valence-corrected chi connectivity index (χ4v) is 2.74. The molecule has 0 bridgehead atoms. The molecule has 0 aromatic carbocycles. The number of hydrogen-bond acceptors (Lipinski definition) is 7. The lowest BCUT2D eigenvalue weighted by Crippen LogP contribution is -2.25. The van der Waals surface area contributed by atoms with Crippen LogP contribution >= 0.6 is 11.3 Å². The standard InChI is InChI=1S/C9H15N3O4S2/c1-6(2)8-11-12-9(17-8)10-7(14)5-18(15,16)4-3-13/h6,13H,3-5H2,1-2H3,(H,10,12,14). The van der Waals surface area contributed by atoms with Gasteiger partial charge >= 0.3 is 0 Å². The molecule has 1 aromatic rings. The first-order chi connectivity index (χ1) is 8.34. The van der Waals surface area contributed by atoms with Gasteiger partial charge in [0.15, 0.2) is 9.84 Å². The van der Waals surface area contributed by atoms with Gasteiger partial charge in [0, 0.05) is 5.92 Å². The molecule has 0 fully saturated rings. The molecule has 1 heterocycles. The van der Waals surface area contributed by atoms with Crippen molar-refractivity contribution in [1.29, 1.82) is 0 Å². The minimum atomic E-state index is -3.57. The fourth-order valence-electron chi connectivity index (χ4n) is 1.08. The summed E-state index contributed by atoms with van der Waals surface area (Å²) in [6.07, 6.45) is 0. The predicted octanol–water partition coefficient (Wildman–Crippen LogP) is 0.00710. The quantitative estimate of drug-likeness (QED) is 0.764. The lowest BCUT2D eigenvalue weighted by Gasteiger charge is -2.01. The van der Waals surface area contributed by atoms with Crippen molar-refractivity contribution in [3.8, 4) is 0 Å². The molecule has 0 atom stereocenters. The van der Waals surface area contributed by atoms with Crippen molar-refractivity contribution in [2.45, 2.75) is 19.8 Å². The Kier molecular flexibility index (Phi) is 5.17. The van der Waals surface area contributed by atoms with E-state index >= 15 is 0 Å². The highest BCUT2D eigenvalue weighted by Gasteiger charge is 2.17. The van der Waals surface area contributed by atoms with Crippen LogP contribution in [-0.2, 0) is 14.6 Å². The number of nitrogens with one attached hydrogen (secondary N) is 1. The third-order valence-corrected chi connectivity index (χ3v) is 4.58. The van der Waals surface area contributed by atoms with Crippen LogP contribution < -0.4 is 5.32 Å². The van der Waals surface area contributed by atoms with Crippen LogP contribution in [-0.4, -0.2) is 47.7 Å². The monoisotopic (exact) mass is 293 g/mol. The van der Waals surface area contributed by atoms with Gasteiger partial charge in [0.25, 0.3) is 0 Å². The summed E-state index contributed by atoms with van der Waals surface area (Å²) in [7, 11) is -3.57. The maximum Gasteiger partial charge on any atom is 0.241 e. The van der Waals surface area contributed by atoms with Crippen LogP contribution in [0.4, 0.5) is 5.13 Å². The van der Waals surface area contributed by atoms with Gasteiger partial charge in [-0.2, -0.15) is 0 Å². The largest absolute Gasteiger partial charge is 0.395 e. The number of aromatic nitrogens is 2. The Balaban J connectivity index is 2.59. The number of aliphatic hydroxyl groups excluding tert-OH is 1. The number of amides is 1. The van der Waals surface area contributed by atoms with Gasteiger partial charge in [0.1, 0.15) is 10.8 Å². The first kappa shape index (κ1) is 15.0. The maximum absolute atomic E-state index is 11.4. The Morgan fingerprint density at radius 2 is 2.11 bits per heavy atom. The Hall–Kier alpha value is -1.06. The number of sulfone groups is 1. The van der Waals surface area contributed by atoms with Gasteiger partial charge in [0.2, 0.25) is 11.0 Å². The summed E-state index contributed by atoms with van der Waals surface area (Å²) in [6, 6.07) is 0. The molecule has 2 N–H and O–H groups in total. The molecular weight excluding hydrogens is 278 g/mol. The van der Waals surface area contributed by atoms with Gasteiger partial charge in [-0.1, -0.05) is 25.2 Å². The summed E-state index contributed by atoms with van der Waals surface area (Å²) in [5.74, 6) is -1.56. The zero-order valence-electron chi connectivity index (χ0n) is 10.1. The average molecular weight is 293 g/mol. The molecule has 102 valence electrons. The molecule has 1 rings (SSSR count). The van der Waals surface area contributed by atoms with Crippen LogP contribution in [0.15, 0.2) is 0 Å². The van der Waals surface area contributed by atoms with Crippen LogP contribution in [0, 0.1) is 0 Å². The highest BCUT2D eigenvalue weighted by atomic mass is 32.2. The second-order valence-electron chi connectivity index (χ2n) is 3.96. The van der Waals surface area contributed by atoms with Crippen molar-refractivity contribution in [2.75, 3.05) is 23.4 Å². The lowest BCUT2D eigenvalue weighted by molar-refractivity contribution is -0.113. The fraction of sp³-hybridized carbons (Fsp3) is 0.667. The van der Waals surface area contributed by atoms with Gasteiger partial charge in [-0.25, -0.2) is 8.42 Å². The molecule has 1 aromatic heterocycles. The van der Waals surface area contributed by atoms with Crippen molar-refractivity contribution in [2.24, 2.45) is 0 Å². The number of carbonyl (C=O) groups excluding carboxylic acids is 1. The van der Waals surface area contributed by atoms with Crippen LogP contribution in [0.3, 0.4) is 0 Å². The van der Waals surface area contributed by atoms with E-state index in [-0.39, 0.29) is 11.0 Å². The number of anilines is 1. The Bertz CT molecular complexity index is 510. The molecule has 0 spiro atoms. The third kappa shape index (κ3) is 4.67. The Morgan fingerprint density at radius 3 is 2.61 bits per heavy atom. The molecule has 0 aliphatic rings. The molecule has 7 nitrogen and oxygen atoms in total. The number of aliphatic hydroxyl groups is 1. The summed E-state index contributed by atoms with van der Waals surface area (Å²) in [5, 5.41) is 19.6. The maximum atomic E-state index is 11.4. The minimum absolute atomic E-state index is 0.200. The number of carbonyl (C=O) groups is 1. The lowest BCUT2D eigenvalue weighted by atomic mass is 10.2. The summed E-state index contributed by atoms with van der Waals surface area (Å²) in [5.41, 5.74) is 0. The molecule has 0 aliphatic heterocycles. The zero-order chi connectivity index (χ0) is 13.8. The number of rotatable bonds is 6. The zero-order valence-corrected chi connectivity index (χ0v) is 11.7. The van der Waals surface area contributed by atoms with Crippen molar-refractivity contribution in [1.82, 2.24) is 10.2 Å². The predicted molar refractivity (Wildman–Crippen MR) is 68.4 cm³/mol. The Morgan fingerprint density at radius 1 is 1.44 bits per heavy atom. The summed E-state index contributed by atoms with van der Waals surface area (Å²) in [6.45, 7) is 3.39. The molecule has 0 unspecified atom stereocenters. The van der Waals surface area contributed by atoms with Crippen molar-refractivity contribution < 1.29 is 18.3 Å². The molecule has 0 saturated heterocycles. The third-order valence-electron chi connectivity index (χ3n) is 1.93. The van der Waals surface area contributed by atoms with Gasteiger partial charge in [-0.05, 0) is 0 Å².